The van der Waals surface area contributed by atoms with Crippen molar-refractivity contribution in [3.8, 4) is 0 Å². The summed E-state index contributed by atoms with van der Waals surface area (Å²) in [6.45, 7) is 1.97. The molecule has 1 unspecified atom stereocenters. The van der Waals surface area contributed by atoms with E-state index >= 15 is 0 Å². The van der Waals surface area contributed by atoms with E-state index in [4.69, 9.17) is 11.6 Å². The zero-order valence-electron chi connectivity index (χ0n) is 8.97. The van der Waals surface area contributed by atoms with E-state index in [0.29, 0.717) is 6.42 Å². The van der Waals surface area contributed by atoms with Gasteiger partial charge >= 0.3 is 0 Å². The standard InChI is InChI=1S/C7H16ClNO4S2/c1-7(8)4-5-9(2)15(12,13)6-14(3,10)11/h7H,4-6H2,1-3H3. The van der Waals surface area contributed by atoms with Crippen LogP contribution in [0.3, 0.4) is 0 Å². The van der Waals surface area contributed by atoms with E-state index in [0.717, 1.165) is 10.6 Å². The number of rotatable bonds is 6. The van der Waals surface area contributed by atoms with Crippen LogP contribution in [-0.2, 0) is 19.9 Å². The molecule has 5 nitrogen and oxygen atoms in total. The van der Waals surface area contributed by atoms with Crippen LogP contribution in [0, 0.1) is 0 Å². The minimum atomic E-state index is -3.73. The fraction of sp³-hybridized carbons (Fsp3) is 1.00. The lowest BCUT2D eigenvalue weighted by atomic mass is 10.3. The van der Waals surface area contributed by atoms with Crippen LogP contribution < -0.4 is 0 Å². The molecule has 0 fully saturated rings. The average Bonchev–Trinajstić information content (AvgIpc) is 1.94. The number of alkyl halides is 1. The van der Waals surface area contributed by atoms with Crippen molar-refractivity contribution >= 4 is 31.5 Å². The quantitative estimate of drug-likeness (QED) is 0.653. The van der Waals surface area contributed by atoms with Crippen LogP contribution in [0.25, 0.3) is 0 Å². The smallest absolute Gasteiger partial charge is 0.228 e. The van der Waals surface area contributed by atoms with Gasteiger partial charge in [0.1, 0.15) is 0 Å². The monoisotopic (exact) mass is 277 g/mol. The molecule has 0 saturated heterocycles. The topological polar surface area (TPSA) is 71.5 Å². The normalized spacial score (nSPS) is 15.5. The second-order valence-electron chi connectivity index (χ2n) is 3.55. The summed E-state index contributed by atoms with van der Waals surface area (Å²) in [4.78, 5) is 0. The second-order valence-corrected chi connectivity index (χ2v) is 8.87. The summed E-state index contributed by atoms with van der Waals surface area (Å²) in [5.41, 5.74) is 0. The van der Waals surface area contributed by atoms with Crippen molar-refractivity contribution in [2.75, 3.05) is 24.9 Å². The molecule has 0 aromatic rings. The van der Waals surface area contributed by atoms with Crippen LogP contribution in [0.1, 0.15) is 13.3 Å². The van der Waals surface area contributed by atoms with Crippen molar-refractivity contribution < 1.29 is 16.8 Å². The van der Waals surface area contributed by atoms with Crippen molar-refractivity contribution in [2.45, 2.75) is 18.7 Å². The first-order chi connectivity index (χ1) is 6.54. The van der Waals surface area contributed by atoms with Gasteiger partial charge in [-0.1, -0.05) is 0 Å². The highest BCUT2D eigenvalue weighted by Crippen LogP contribution is 2.06. The molecule has 8 heteroatoms. The maximum atomic E-state index is 11.5. The lowest BCUT2D eigenvalue weighted by molar-refractivity contribution is 0.463. The lowest BCUT2D eigenvalue weighted by Crippen LogP contribution is -2.33. The van der Waals surface area contributed by atoms with Gasteiger partial charge in [0.2, 0.25) is 10.0 Å². The Kier molecular flexibility index (Phi) is 5.52. The summed E-state index contributed by atoms with van der Waals surface area (Å²) in [7, 11) is -5.91. The molecule has 0 aliphatic heterocycles. The first kappa shape index (κ1) is 15.2. The molecule has 0 N–H and O–H groups in total. The molecule has 15 heavy (non-hydrogen) atoms. The van der Waals surface area contributed by atoms with Gasteiger partial charge in [-0.05, 0) is 13.3 Å². The van der Waals surface area contributed by atoms with E-state index in [9.17, 15) is 16.8 Å². The maximum absolute atomic E-state index is 11.5. The molecule has 0 bridgehead atoms. The Hall–Kier alpha value is 0.150. The van der Waals surface area contributed by atoms with Gasteiger partial charge in [-0.15, -0.1) is 11.6 Å². The SMILES string of the molecule is CC(Cl)CCN(C)S(=O)(=O)CS(C)(=O)=O. The fourth-order valence-electron chi connectivity index (χ4n) is 0.859. The molecule has 0 aliphatic rings. The molecule has 92 valence electrons. The van der Waals surface area contributed by atoms with E-state index < -0.39 is 24.9 Å². The van der Waals surface area contributed by atoms with Crippen LogP contribution in [0.15, 0.2) is 0 Å². The van der Waals surface area contributed by atoms with Crippen LogP contribution in [0.4, 0.5) is 0 Å². The maximum Gasteiger partial charge on any atom is 0.228 e. The Morgan fingerprint density at radius 1 is 1.27 bits per heavy atom. The number of sulfone groups is 1. The summed E-state index contributed by atoms with van der Waals surface area (Å²) in [5, 5.41) is -0.992. The van der Waals surface area contributed by atoms with Gasteiger partial charge in [0.05, 0.1) is 0 Å². The van der Waals surface area contributed by atoms with E-state index in [-0.39, 0.29) is 11.9 Å². The van der Waals surface area contributed by atoms with E-state index in [1.165, 1.54) is 7.05 Å². The molecule has 0 aliphatic carbocycles. The van der Waals surface area contributed by atoms with Gasteiger partial charge in [-0.3, -0.25) is 0 Å². The number of halogens is 1. The Bertz CT molecular complexity index is 387. The van der Waals surface area contributed by atoms with Crippen LogP contribution in [-0.4, -0.2) is 51.5 Å². The Balaban J connectivity index is 4.48. The van der Waals surface area contributed by atoms with Crippen molar-refractivity contribution in [3.63, 3.8) is 0 Å². The third-order valence-corrected chi connectivity index (χ3v) is 5.93. The largest absolute Gasteiger partial charge is 0.228 e. The van der Waals surface area contributed by atoms with Crippen molar-refractivity contribution in [2.24, 2.45) is 0 Å². The van der Waals surface area contributed by atoms with Gasteiger partial charge in [-0.25, -0.2) is 21.1 Å². The minimum Gasteiger partial charge on any atom is -0.228 e. The van der Waals surface area contributed by atoms with Crippen LogP contribution in [0.5, 0.6) is 0 Å². The molecule has 0 saturated carbocycles. The summed E-state index contributed by atoms with van der Waals surface area (Å²) in [5.74, 6) is 0. The zero-order chi connectivity index (χ0) is 12.3. The summed E-state index contributed by atoms with van der Waals surface area (Å²) < 4.78 is 45.7. The Morgan fingerprint density at radius 3 is 2.07 bits per heavy atom. The minimum absolute atomic E-state index is 0.138. The molecular formula is C7H16ClNO4S2. The van der Waals surface area contributed by atoms with E-state index in [1.807, 2.05) is 0 Å². The molecule has 0 aromatic carbocycles. The van der Waals surface area contributed by atoms with E-state index in [1.54, 1.807) is 6.92 Å². The van der Waals surface area contributed by atoms with Crippen molar-refractivity contribution in [1.82, 2.24) is 4.31 Å². The van der Waals surface area contributed by atoms with Gasteiger partial charge in [0, 0.05) is 25.2 Å². The Labute approximate surface area is 96.4 Å². The van der Waals surface area contributed by atoms with Crippen molar-refractivity contribution in [3.05, 3.63) is 0 Å². The Morgan fingerprint density at radius 2 is 1.73 bits per heavy atom. The van der Waals surface area contributed by atoms with Crippen LogP contribution in [0.2, 0.25) is 0 Å². The summed E-state index contributed by atoms with van der Waals surface area (Å²) >= 11 is 5.67. The molecular weight excluding hydrogens is 262 g/mol. The number of nitrogens with zero attached hydrogens (tertiary/aromatic N) is 1. The molecule has 0 amide bonds. The molecule has 0 heterocycles. The van der Waals surface area contributed by atoms with Gasteiger partial charge < -0.3 is 0 Å². The van der Waals surface area contributed by atoms with Crippen LogP contribution >= 0.6 is 11.6 Å². The van der Waals surface area contributed by atoms with Crippen molar-refractivity contribution in [1.29, 1.82) is 0 Å². The predicted molar refractivity (Wildman–Crippen MR) is 61.2 cm³/mol. The molecule has 0 spiro atoms. The molecule has 0 rings (SSSR count). The van der Waals surface area contributed by atoms with Gasteiger partial charge in [-0.2, -0.15) is 0 Å². The third-order valence-electron chi connectivity index (χ3n) is 1.68. The van der Waals surface area contributed by atoms with E-state index in [2.05, 4.69) is 0 Å². The number of hydrogen-bond acceptors (Lipinski definition) is 4. The highest BCUT2D eigenvalue weighted by molar-refractivity contribution is 8.06. The zero-order valence-corrected chi connectivity index (χ0v) is 11.4. The molecule has 1 atom stereocenters. The van der Waals surface area contributed by atoms with Gasteiger partial charge in [0.15, 0.2) is 14.9 Å². The first-order valence-electron chi connectivity index (χ1n) is 4.30. The fourth-order valence-corrected chi connectivity index (χ4v) is 4.22. The lowest BCUT2D eigenvalue weighted by Gasteiger charge is -2.16. The number of sulfonamides is 1. The average molecular weight is 278 g/mol. The second kappa shape index (κ2) is 5.47. The highest BCUT2D eigenvalue weighted by Gasteiger charge is 2.23. The molecule has 0 aromatic heterocycles. The number of hydrogen-bond donors (Lipinski definition) is 0. The third kappa shape index (κ3) is 7.10. The van der Waals surface area contributed by atoms with Gasteiger partial charge in [0.25, 0.3) is 0 Å². The molecule has 0 radical (unpaired) electrons. The predicted octanol–water partition coefficient (Wildman–Crippen LogP) is 0.268. The highest BCUT2D eigenvalue weighted by atomic mass is 35.5. The first-order valence-corrected chi connectivity index (χ1v) is 8.41. The summed E-state index contributed by atoms with van der Waals surface area (Å²) in [6, 6.07) is 0. The summed E-state index contributed by atoms with van der Waals surface area (Å²) in [6.07, 6.45) is 1.38.